The molecule has 1 saturated heterocycles. The number of methoxy groups -OCH3 is 1. The lowest BCUT2D eigenvalue weighted by molar-refractivity contribution is 0.0887. The molecule has 0 bridgehead atoms. The molecule has 0 aliphatic carbocycles. The van der Waals surface area contributed by atoms with Crippen molar-refractivity contribution < 1.29 is 4.74 Å². The standard InChI is InChI=1S/C10H18N4OS/c1-3-14-9(11-12-10(14)16)13-6-4-5-8(7-13)15-2/h8H,3-7H2,1-2H3,(H,12,16). The van der Waals surface area contributed by atoms with Crippen LogP contribution in [0.4, 0.5) is 5.95 Å². The molecule has 0 amide bonds. The molecule has 1 N–H and O–H groups in total. The summed E-state index contributed by atoms with van der Waals surface area (Å²) in [5, 5.41) is 7.15. The SMILES string of the molecule is CCn1c(N2CCCC(OC)C2)n[nH]c1=S. The molecule has 2 rings (SSSR count). The van der Waals surface area contributed by atoms with E-state index in [2.05, 4.69) is 22.0 Å². The van der Waals surface area contributed by atoms with E-state index in [-0.39, 0.29) is 0 Å². The molecule has 0 radical (unpaired) electrons. The average molecular weight is 242 g/mol. The number of ether oxygens (including phenoxy) is 1. The van der Waals surface area contributed by atoms with Crippen molar-refractivity contribution in [1.82, 2.24) is 14.8 Å². The molecule has 1 fully saturated rings. The van der Waals surface area contributed by atoms with Gasteiger partial charge in [0.15, 0.2) is 4.77 Å². The molecular formula is C10H18N4OS. The Kier molecular flexibility index (Phi) is 3.60. The van der Waals surface area contributed by atoms with Crippen LogP contribution in [0, 0.1) is 4.77 Å². The van der Waals surface area contributed by atoms with Crippen LogP contribution < -0.4 is 4.90 Å². The maximum Gasteiger partial charge on any atom is 0.225 e. The van der Waals surface area contributed by atoms with E-state index >= 15 is 0 Å². The van der Waals surface area contributed by atoms with Crippen LogP contribution in [0.15, 0.2) is 0 Å². The van der Waals surface area contributed by atoms with Gasteiger partial charge in [0.05, 0.1) is 6.10 Å². The second kappa shape index (κ2) is 4.97. The van der Waals surface area contributed by atoms with Crippen LogP contribution >= 0.6 is 12.2 Å². The van der Waals surface area contributed by atoms with Gasteiger partial charge in [-0.3, -0.25) is 4.57 Å². The largest absolute Gasteiger partial charge is 0.380 e. The Hall–Kier alpha value is -0.880. The molecule has 1 aliphatic rings. The Bertz CT molecular complexity index is 400. The van der Waals surface area contributed by atoms with Crippen molar-refractivity contribution >= 4 is 18.2 Å². The van der Waals surface area contributed by atoms with E-state index < -0.39 is 0 Å². The van der Waals surface area contributed by atoms with Crippen LogP contribution in [0.5, 0.6) is 0 Å². The quantitative estimate of drug-likeness (QED) is 0.817. The highest BCUT2D eigenvalue weighted by Gasteiger charge is 2.22. The van der Waals surface area contributed by atoms with Gasteiger partial charge in [0.1, 0.15) is 0 Å². The van der Waals surface area contributed by atoms with Gasteiger partial charge in [0.2, 0.25) is 5.95 Å². The predicted octanol–water partition coefficient (Wildman–Crippen LogP) is 1.58. The Balaban J connectivity index is 2.19. The molecule has 2 heterocycles. The normalized spacial score (nSPS) is 21.4. The molecular weight excluding hydrogens is 224 g/mol. The van der Waals surface area contributed by atoms with E-state index in [1.165, 1.54) is 0 Å². The fraction of sp³-hybridized carbons (Fsp3) is 0.800. The van der Waals surface area contributed by atoms with Crippen LogP contribution in [0.1, 0.15) is 19.8 Å². The maximum atomic E-state index is 5.41. The molecule has 1 unspecified atom stereocenters. The van der Waals surface area contributed by atoms with Gasteiger partial charge in [0, 0.05) is 26.7 Å². The van der Waals surface area contributed by atoms with Crippen molar-refractivity contribution in [3.05, 3.63) is 4.77 Å². The second-order valence-corrected chi connectivity index (χ2v) is 4.41. The summed E-state index contributed by atoms with van der Waals surface area (Å²) in [6.45, 7) is 4.85. The fourth-order valence-corrected chi connectivity index (χ4v) is 2.40. The summed E-state index contributed by atoms with van der Waals surface area (Å²) in [6, 6.07) is 0. The van der Waals surface area contributed by atoms with Crippen LogP contribution in [-0.2, 0) is 11.3 Å². The molecule has 1 aliphatic heterocycles. The molecule has 1 atom stereocenters. The summed E-state index contributed by atoms with van der Waals surface area (Å²) in [6.07, 6.45) is 2.58. The van der Waals surface area contributed by atoms with Crippen molar-refractivity contribution in [3.63, 3.8) is 0 Å². The predicted molar refractivity (Wildman–Crippen MR) is 65.3 cm³/mol. The first kappa shape index (κ1) is 11.6. The molecule has 0 saturated carbocycles. The number of nitrogens with one attached hydrogen (secondary N) is 1. The Morgan fingerprint density at radius 1 is 1.62 bits per heavy atom. The first-order valence-electron chi connectivity index (χ1n) is 5.69. The van der Waals surface area contributed by atoms with Crippen LogP contribution in [-0.4, -0.2) is 41.1 Å². The smallest absolute Gasteiger partial charge is 0.225 e. The molecule has 5 nitrogen and oxygen atoms in total. The van der Waals surface area contributed by atoms with E-state index in [9.17, 15) is 0 Å². The molecule has 16 heavy (non-hydrogen) atoms. The number of anilines is 1. The van der Waals surface area contributed by atoms with Crippen LogP contribution in [0.2, 0.25) is 0 Å². The monoisotopic (exact) mass is 242 g/mol. The zero-order valence-corrected chi connectivity index (χ0v) is 10.6. The highest BCUT2D eigenvalue weighted by Crippen LogP contribution is 2.19. The summed E-state index contributed by atoms with van der Waals surface area (Å²) in [4.78, 5) is 2.24. The number of aromatic amines is 1. The lowest BCUT2D eigenvalue weighted by atomic mass is 10.1. The number of H-pyrrole nitrogens is 1. The minimum atomic E-state index is 0.310. The average Bonchev–Trinajstić information content (AvgIpc) is 2.70. The molecule has 1 aromatic heterocycles. The van der Waals surface area contributed by atoms with Crippen LogP contribution in [0.25, 0.3) is 0 Å². The fourth-order valence-electron chi connectivity index (χ4n) is 2.15. The number of piperidine rings is 1. The number of hydrogen-bond acceptors (Lipinski definition) is 4. The highest BCUT2D eigenvalue weighted by molar-refractivity contribution is 7.71. The third kappa shape index (κ3) is 2.12. The van der Waals surface area contributed by atoms with Gasteiger partial charge in [-0.25, -0.2) is 5.10 Å². The zero-order chi connectivity index (χ0) is 11.5. The minimum absolute atomic E-state index is 0.310. The van der Waals surface area contributed by atoms with Gasteiger partial charge in [-0.1, -0.05) is 0 Å². The van der Waals surface area contributed by atoms with Crippen LogP contribution in [0.3, 0.4) is 0 Å². The van der Waals surface area contributed by atoms with Crippen molar-refractivity contribution in [1.29, 1.82) is 0 Å². The van der Waals surface area contributed by atoms with Crippen molar-refractivity contribution in [2.24, 2.45) is 0 Å². The highest BCUT2D eigenvalue weighted by atomic mass is 32.1. The van der Waals surface area contributed by atoms with E-state index in [0.717, 1.165) is 38.4 Å². The van der Waals surface area contributed by atoms with Gasteiger partial charge in [-0.15, -0.1) is 5.10 Å². The summed E-state index contributed by atoms with van der Waals surface area (Å²) in [7, 11) is 1.77. The summed E-state index contributed by atoms with van der Waals surface area (Å²) >= 11 is 5.19. The molecule has 0 spiro atoms. The van der Waals surface area contributed by atoms with Gasteiger partial charge in [0.25, 0.3) is 0 Å². The third-order valence-electron chi connectivity index (χ3n) is 3.05. The van der Waals surface area contributed by atoms with E-state index in [4.69, 9.17) is 17.0 Å². The Morgan fingerprint density at radius 2 is 2.44 bits per heavy atom. The lowest BCUT2D eigenvalue weighted by Crippen LogP contribution is -2.40. The molecule has 0 aromatic carbocycles. The number of nitrogens with zero attached hydrogens (tertiary/aromatic N) is 3. The topological polar surface area (TPSA) is 46.1 Å². The second-order valence-electron chi connectivity index (χ2n) is 4.02. The first-order chi connectivity index (χ1) is 7.76. The van der Waals surface area contributed by atoms with E-state index in [1.807, 2.05) is 4.57 Å². The Morgan fingerprint density at radius 3 is 3.12 bits per heavy atom. The first-order valence-corrected chi connectivity index (χ1v) is 6.10. The molecule has 6 heteroatoms. The van der Waals surface area contributed by atoms with Crippen molar-refractivity contribution in [2.45, 2.75) is 32.4 Å². The van der Waals surface area contributed by atoms with Gasteiger partial charge < -0.3 is 9.64 Å². The van der Waals surface area contributed by atoms with E-state index in [0.29, 0.717) is 10.9 Å². The Labute approximate surface area is 100 Å². The minimum Gasteiger partial charge on any atom is -0.380 e. The number of hydrogen-bond donors (Lipinski definition) is 1. The zero-order valence-electron chi connectivity index (χ0n) is 9.77. The van der Waals surface area contributed by atoms with Gasteiger partial charge >= 0.3 is 0 Å². The third-order valence-corrected chi connectivity index (χ3v) is 3.36. The summed E-state index contributed by atoms with van der Waals surface area (Å²) < 4.78 is 8.12. The molecule has 90 valence electrons. The number of rotatable bonds is 3. The van der Waals surface area contributed by atoms with Crippen molar-refractivity contribution in [3.8, 4) is 0 Å². The van der Waals surface area contributed by atoms with E-state index in [1.54, 1.807) is 7.11 Å². The lowest BCUT2D eigenvalue weighted by Gasteiger charge is -2.32. The summed E-state index contributed by atoms with van der Waals surface area (Å²) in [5.41, 5.74) is 0. The maximum absolute atomic E-state index is 5.41. The number of aromatic nitrogens is 3. The van der Waals surface area contributed by atoms with Crippen molar-refractivity contribution in [2.75, 3.05) is 25.1 Å². The van der Waals surface area contributed by atoms with Gasteiger partial charge in [-0.2, -0.15) is 0 Å². The summed E-state index contributed by atoms with van der Waals surface area (Å²) in [5.74, 6) is 0.939. The molecule has 1 aromatic rings. The van der Waals surface area contributed by atoms with Gasteiger partial charge in [-0.05, 0) is 32.0 Å².